The average molecular weight is 527 g/mol. The van der Waals surface area contributed by atoms with E-state index in [1.807, 2.05) is 0 Å². The standard InChI is InChI=1S/4C2H7O3P.Zr/c4*1-2-5-6(3)4;/h4*6H,2H2,1H3,(H,3,4);/q;;;;+4/p-4. The zero-order chi connectivity index (χ0) is 20.0. The summed E-state index contributed by atoms with van der Waals surface area (Å²) in [6, 6.07) is 0. The van der Waals surface area contributed by atoms with Crippen molar-refractivity contribution in [1.82, 2.24) is 0 Å². The van der Waals surface area contributed by atoms with E-state index in [0.717, 1.165) is 0 Å². The van der Waals surface area contributed by atoms with Crippen LogP contribution in [0, 0.1) is 0 Å². The molecule has 0 aliphatic heterocycles. The van der Waals surface area contributed by atoms with Crippen molar-refractivity contribution in [3.05, 3.63) is 0 Å². The third-order valence-corrected chi connectivity index (χ3v) is 3.15. The molecule has 0 aromatic carbocycles. The summed E-state index contributed by atoms with van der Waals surface area (Å²) in [4.78, 5) is 37.8. The van der Waals surface area contributed by atoms with Gasteiger partial charge in [-0.25, -0.2) is 0 Å². The van der Waals surface area contributed by atoms with Gasteiger partial charge in [-0.05, 0) is 27.7 Å². The molecule has 0 radical (unpaired) electrons. The van der Waals surface area contributed by atoms with E-state index in [2.05, 4.69) is 18.1 Å². The molecule has 0 bridgehead atoms. The van der Waals surface area contributed by atoms with E-state index in [0.29, 0.717) is 0 Å². The van der Waals surface area contributed by atoms with Crippen LogP contribution in [0.1, 0.15) is 27.7 Å². The minimum Gasteiger partial charge on any atom is -0.781 e. The Morgan fingerprint density at radius 2 is 0.640 bits per heavy atom. The molecule has 0 spiro atoms. The first-order chi connectivity index (χ1) is 11.1. The molecule has 25 heavy (non-hydrogen) atoms. The van der Waals surface area contributed by atoms with Gasteiger partial charge in [0.15, 0.2) is 0 Å². The fraction of sp³-hybridized carbons (Fsp3) is 1.00. The van der Waals surface area contributed by atoms with E-state index in [1.54, 1.807) is 27.7 Å². The maximum absolute atomic E-state index is 9.45. The van der Waals surface area contributed by atoms with Gasteiger partial charge >= 0.3 is 26.2 Å². The average Bonchev–Trinajstić information content (AvgIpc) is 2.39. The zero-order valence-corrected chi connectivity index (χ0v) is 20.7. The fourth-order valence-electron chi connectivity index (χ4n) is 0.471. The Labute approximate surface area is 169 Å². The Morgan fingerprint density at radius 3 is 0.640 bits per heavy atom. The zero-order valence-electron chi connectivity index (χ0n) is 14.2. The van der Waals surface area contributed by atoms with Gasteiger partial charge in [0.25, 0.3) is 0 Å². The molecule has 0 heterocycles. The van der Waals surface area contributed by atoms with Crippen molar-refractivity contribution >= 4 is 33.0 Å². The first-order valence-electron chi connectivity index (χ1n) is 6.43. The molecule has 0 aromatic rings. The summed E-state index contributed by atoms with van der Waals surface area (Å²) in [5.74, 6) is 0. The van der Waals surface area contributed by atoms with Crippen LogP contribution in [0.4, 0.5) is 0 Å². The molecule has 0 fully saturated rings. The summed E-state index contributed by atoms with van der Waals surface area (Å²) in [5.41, 5.74) is 0. The molecular weight excluding hydrogens is 503 g/mol. The monoisotopic (exact) mass is 526 g/mol. The molecule has 17 heteroatoms. The molecule has 152 valence electrons. The fourth-order valence-corrected chi connectivity index (χ4v) is 1.41. The Kier molecular flexibility index (Phi) is 49.3. The second-order valence-corrected chi connectivity index (χ2v) is 5.89. The summed E-state index contributed by atoms with van der Waals surface area (Å²) in [6.07, 6.45) is 0. The quantitative estimate of drug-likeness (QED) is 0.353. The van der Waals surface area contributed by atoms with Crippen molar-refractivity contribution < 1.29 is 82.1 Å². The second-order valence-electron chi connectivity index (χ2n) is 2.73. The maximum Gasteiger partial charge on any atom is 4.00 e. The Hall–Kier alpha value is 1.48. The number of hydrogen-bond donors (Lipinski definition) is 0. The first kappa shape index (κ1) is 37.3. The van der Waals surface area contributed by atoms with Crippen molar-refractivity contribution in [2.75, 3.05) is 26.4 Å². The van der Waals surface area contributed by atoms with Gasteiger partial charge in [0.2, 0.25) is 0 Å². The summed E-state index contributed by atoms with van der Waals surface area (Å²) in [5, 5.41) is 0. The van der Waals surface area contributed by atoms with Gasteiger partial charge in [0.1, 0.15) is 33.0 Å². The van der Waals surface area contributed by atoms with Crippen molar-refractivity contribution in [1.29, 1.82) is 0 Å². The van der Waals surface area contributed by atoms with E-state index >= 15 is 0 Å². The van der Waals surface area contributed by atoms with Gasteiger partial charge in [-0.2, -0.15) is 0 Å². The third kappa shape index (κ3) is 77.3. The summed E-state index contributed by atoms with van der Waals surface area (Å²) in [6.45, 7) is 7.51. The van der Waals surface area contributed by atoms with Gasteiger partial charge < -0.3 is 55.9 Å². The Bertz CT molecular complexity index is 281. The number of hydrogen-bond acceptors (Lipinski definition) is 12. The van der Waals surface area contributed by atoms with Crippen LogP contribution in [0.3, 0.4) is 0 Å². The van der Waals surface area contributed by atoms with E-state index in [-0.39, 0.29) is 52.6 Å². The van der Waals surface area contributed by atoms with Crippen LogP contribution in [0.5, 0.6) is 0 Å². The third-order valence-electron chi connectivity index (χ3n) is 1.05. The molecule has 0 aliphatic carbocycles. The van der Waals surface area contributed by atoms with E-state index < -0.39 is 33.0 Å². The summed E-state index contributed by atoms with van der Waals surface area (Å²) in [7, 11) is -11.5. The molecule has 4 atom stereocenters. The van der Waals surface area contributed by atoms with E-state index in [1.165, 1.54) is 0 Å². The van der Waals surface area contributed by atoms with Crippen molar-refractivity contribution in [3.8, 4) is 0 Å². The predicted molar refractivity (Wildman–Crippen MR) is 82.5 cm³/mol. The summed E-state index contributed by atoms with van der Waals surface area (Å²) >= 11 is 0. The Balaban J connectivity index is -0.0000000702. The molecule has 0 N–H and O–H groups in total. The van der Waals surface area contributed by atoms with Crippen LogP contribution in [0.25, 0.3) is 0 Å². The SMILES string of the molecule is CCO[PH](=O)[O-].CCO[PH](=O)[O-].CCO[PH](=O)[O-].CCO[PH](=O)[O-].[Zr+4]. The minimum absolute atomic E-state index is 0. The van der Waals surface area contributed by atoms with Crippen LogP contribution < -0.4 is 19.6 Å². The van der Waals surface area contributed by atoms with Crippen molar-refractivity contribution in [2.45, 2.75) is 27.7 Å². The molecule has 0 amide bonds. The van der Waals surface area contributed by atoms with E-state index in [4.69, 9.17) is 0 Å². The van der Waals surface area contributed by atoms with Crippen molar-refractivity contribution in [3.63, 3.8) is 0 Å². The van der Waals surface area contributed by atoms with Gasteiger partial charge in [0.05, 0.1) is 0 Å². The topological polar surface area (TPSA) is 197 Å². The first-order valence-corrected chi connectivity index (χ1v) is 11.3. The van der Waals surface area contributed by atoms with Gasteiger partial charge in [0, 0.05) is 26.4 Å². The summed E-state index contributed by atoms with van der Waals surface area (Å²) < 4.78 is 53.9. The molecule has 0 saturated heterocycles. The molecular formula is C8H24O12P4Zr. The maximum atomic E-state index is 9.45. The van der Waals surface area contributed by atoms with Crippen molar-refractivity contribution in [2.24, 2.45) is 0 Å². The molecule has 4 unspecified atom stereocenters. The largest absolute Gasteiger partial charge is 4.00 e. The van der Waals surface area contributed by atoms with Gasteiger partial charge in [-0.3, -0.25) is 0 Å². The minimum atomic E-state index is -2.89. The predicted octanol–water partition coefficient (Wildman–Crippen LogP) is -0.911. The molecule has 0 rings (SSSR count). The van der Waals surface area contributed by atoms with Crippen LogP contribution in [0.15, 0.2) is 0 Å². The van der Waals surface area contributed by atoms with Crippen LogP contribution in [-0.4, -0.2) is 26.4 Å². The van der Waals surface area contributed by atoms with Crippen LogP contribution in [-0.2, 0) is 62.6 Å². The molecule has 0 saturated carbocycles. The number of rotatable bonds is 8. The van der Waals surface area contributed by atoms with E-state index in [9.17, 15) is 37.8 Å². The molecule has 0 aromatic heterocycles. The molecule has 12 nitrogen and oxygen atoms in total. The van der Waals surface area contributed by atoms with Gasteiger partial charge in [-0.1, -0.05) is 0 Å². The van der Waals surface area contributed by atoms with Crippen LogP contribution >= 0.6 is 33.0 Å². The molecule has 0 aliphatic rings. The normalized spacial score (nSPS) is 13.8. The van der Waals surface area contributed by atoms with Crippen LogP contribution in [0.2, 0.25) is 0 Å². The Morgan fingerprint density at radius 1 is 0.520 bits per heavy atom. The second kappa shape index (κ2) is 33.1. The van der Waals surface area contributed by atoms with Gasteiger partial charge in [-0.15, -0.1) is 0 Å². The smallest absolute Gasteiger partial charge is 0.781 e.